The van der Waals surface area contributed by atoms with E-state index in [1.807, 2.05) is 13.0 Å². The standard InChI is InChI=1S/C11H18O2/c1-3-9(2)8-11(10(12)13)6-4-5-7-11/h3,9H,1,4-8H2,2H3,(H,12,13). The van der Waals surface area contributed by atoms with E-state index in [0.29, 0.717) is 5.92 Å². The largest absolute Gasteiger partial charge is 0.481 e. The summed E-state index contributed by atoms with van der Waals surface area (Å²) in [5.41, 5.74) is -0.437. The number of rotatable bonds is 4. The molecule has 1 rings (SSSR count). The molecule has 1 unspecified atom stereocenters. The van der Waals surface area contributed by atoms with E-state index in [2.05, 4.69) is 6.58 Å². The molecule has 0 aliphatic heterocycles. The van der Waals surface area contributed by atoms with Crippen LogP contribution in [0.25, 0.3) is 0 Å². The van der Waals surface area contributed by atoms with Crippen molar-refractivity contribution in [2.24, 2.45) is 11.3 Å². The highest BCUT2D eigenvalue weighted by Gasteiger charge is 2.41. The van der Waals surface area contributed by atoms with Crippen molar-refractivity contribution in [1.29, 1.82) is 0 Å². The molecule has 2 heteroatoms. The number of aliphatic carboxylic acids is 1. The summed E-state index contributed by atoms with van der Waals surface area (Å²) < 4.78 is 0. The Bertz CT molecular complexity index is 202. The highest BCUT2D eigenvalue weighted by Crippen LogP contribution is 2.43. The molecule has 13 heavy (non-hydrogen) atoms. The fourth-order valence-corrected chi connectivity index (χ4v) is 2.26. The Balaban J connectivity index is 2.67. The average molecular weight is 182 g/mol. The molecule has 74 valence electrons. The molecule has 2 nitrogen and oxygen atoms in total. The van der Waals surface area contributed by atoms with Crippen LogP contribution in [0.4, 0.5) is 0 Å². The lowest BCUT2D eigenvalue weighted by Gasteiger charge is -2.25. The summed E-state index contributed by atoms with van der Waals surface area (Å²) >= 11 is 0. The maximum Gasteiger partial charge on any atom is 0.309 e. The number of carboxylic acid groups (broad SMARTS) is 1. The monoisotopic (exact) mass is 182 g/mol. The van der Waals surface area contributed by atoms with Crippen LogP contribution in [0.2, 0.25) is 0 Å². The Hall–Kier alpha value is -0.790. The summed E-state index contributed by atoms with van der Waals surface area (Å²) in [5.74, 6) is -0.298. The second-order valence-corrected chi connectivity index (χ2v) is 4.21. The predicted molar refractivity (Wildman–Crippen MR) is 52.5 cm³/mol. The second kappa shape index (κ2) is 3.95. The van der Waals surface area contributed by atoms with Crippen LogP contribution in [0.1, 0.15) is 39.0 Å². The van der Waals surface area contributed by atoms with Gasteiger partial charge in [0.15, 0.2) is 0 Å². The van der Waals surface area contributed by atoms with Crippen LogP contribution in [0.3, 0.4) is 0 Å². The fourth-order valence-electron chi connectivity index (χ4n) is 2.26. The molecular weight excluding hydrogens is 164 g/mol. The van der Waals surface area contributed by atoms with Crippen molar-refractivity contribution in [2.75, 3.05) is 0 Å². The maximum absolute atomic E-state index is 11.1. The summed E-state index contributed by atoms with van der Waals surface area (Å²) in [6.07, 6.45) is 6.43. The lowest BCUT2D eigenvalue weighted by atomic mass is 9.78. The molecule has 0 spiro atoms. The van der Waals surface area contributed by atoms with Crippen molar-refractivity contribution >= 4 is 5.97 Å². The molecule has 0 aromatic rings. The van der Waals surface area contributed by atoms with Gasteiger partial charge in [0.25, 0.3) is 0 Å². The van der Waals surface area contributed by atoms with Gasteiger partial charge in [0.2, 0.25) is 0 Å². The normalized spacial score (nSPS) is 22.5. The minimum absolute atomic E-state index is 0.314. The van der Waals surface area contributed by atoms with Gasteiger partial charge in [-0.25, -0.2) is 0 Å². The first kappa shape index (κ1) is 10.3. The third-order valence-corrected chi connectivity index (χ3v) is 3.13. The average Bonchev–Trinajstić information content (AvgIpc) is 2.54. The fraction of sp³-hybridized carbons (Fsp3) is 0.727. The Labute approximate surface area is 79.6 Å². The summed E-state index contributed by atoms with van der Waals surface area (Å²) in [6, 6.07) is 0. The van der Waals surface area contributed by atoms with E-state index in [1.54, 1.807) is 0 Å². The molecule has 1 saturated carbocycles. The SMILES string of the molecule is C=CC(C)CC1(C(=O)O)CCCC1. The number of hydrogen-bond acceptors (Lipinski definition) is 1. The molecule has 0 aromatic heterocycles. The molecule has 0 heterocycles. The van der Waals surface area contributed by atoms with E-state index in [0.717, 1.165) is 32.1 Å². The molecule has 1 fully saturated rings. The van der Waals surface area contributed by atoms with Crippen molar-refractivity contribution in [3.8, 4) is 0 Å². The zero-order chi connectivity index (χ0) is 9.90. The smallest absolute Gasteiger partial charge is 0.309 e. The molecule has 1 aliphatic carbocycles. The molecule has 0 radical (unpaired) electrons. The Morgan fingerprint density at radius 3 is 2.54 bits per heavy atom. The topological polar surface area (TPSA) is 37.3 Å². The van der Waals surface area contributed by atoms with E-state index in [9.17, 15) is 9.90 Å². The Morgan fingerprint density at radius 1 is 1.62 bits per heavy atom. The van der Waals surface area contributed by atoms with Crippen LogP contribution in [-0.2, 0) is 4.79 Å². The Kier molecular flexibility index (Phi) is 3.12. The number of carboxylic acids is 1. The maximum atomic E-state index is 11.1. The van der Waals surface area contributed by atoms with E-state index < -0.39 is 11.4 Å². The van der Waals surface area contributed by atoms with Crippen LogP contribution in [0.5, 0.6) is 0 Å². The molecule has 1 atom stereocenters. The molecule has 1 N–H and O–H groups in total. The van der Waals surface area contributed by atoms with E-state index in [4.69, 9.17) is 0 Å². The van der Waals surface area contributed by atoms with E-state index >= 15 is 0 Å². The van der Waals surface area contributed by atoms with E-state index in [1.165, 1.54) is 0 Å². The van der Waals surface area contributed by atoms with Crippen molar-refractivity contribution in [1.82, 2.24) is 0 Å². The highest BCUT2D eigenvalue weighted by molar-refractivity contribution is 5.75. The number of allylic oxidation sites excluding steroid dienone is 1. The van der Waals surface area contributed by atoms with Crippen molar-refractivity contribution in [2.45, 2.75) is 39.0 Å². The minimum Gasteiger partial charge on any atom is -0.481 e. The van der Waals surface area contributed by atoms with Crippen LogP contribution >= 0.6 is 0 Å². The highest BCUT2D eigenvalue weighted by atomic mass is 16.4. The quantitative estimate of drug-likeness (QED) is 0.679. The van der Waals surface area contributed by atoms with Crippen molar-refractivity contribution < 1.29 is 9.90 Å². The second-order valence-electron chi connectivity index (χ2n) is 4.21. The van der Waals surface area contributed by atoms with Crippen LogP contribution in [0.15, 0.2) is 12.7 Å². The molecule has 0 amide bonds. The molecule has 0 saturated heterocycles. The van der Waals surface area contributed by atoms with Crippen molar-refractivity contribution in [3.63, 3.8) is 0 Å². The first-order valence-electron chi connectivity index (χ1n) is 4.97. The first-order valence-corrected chi connectivity index (χ1v) is 4.97. The van der Waals surface area contributed by atoms with Crippen molar-refractivity contribution in [3.05, 3.63) is 12.7 Å². The van der Waals surface area contributed by atoms with Gasteiger partial charge in [0.1, 0.15) is 0 Å². The van der Waals surface area contributed by atoms with E-state index in [-0.39, 0.29) is 0 Å². The van der Waals surface area contributed by atoms with Gasteiger partial charge in [-0.05, 0) is 25.2 Å². The lowest BCUT2D eigenvalue weighted by molar-refractivity contribution is -0.149. The van der Waals surface area contributed by atoms with Gasteiger partial charge in [-0.2, -0.15) is 0 Å². The van der Waals surface area contributed by atoms with Crippen LogP contribution in [0, 0.1) is 11.3 Å². The summed E-state index contributed by atoms with van der Waals surface area (Å²) in [7, 11) is 0. The molecule has 0 aromatic carbocycles. The van der Waals surface area contributed by atoms with Crippen LogP contribution < -0.4 is 0 Å². The summed E-state index contributed by atoms with van der Waals surface area (Å²) in [6.45, 7) is 5.74. The molecular formula is C11H18O2. The first-order chi connectivity index (χ1) is 6.10. The zero-order valence-electron chi connectivity index (χ0n) is 8.25. The predicted octanol–water partition coefficient (Wildman–Crippen LogP) is 2.84. The lowest BCUT2D eigenvalue weighted by Crippen LogP contribution is -2.29. The van der Waals surface area contributed by atoms with Gasteiger partial charge in [-0.3, -0.25) is 4.79 Å². The van der Waals surface area contributed by atoms with Gasteiger partial charge in [-0.15, -0.1) is 6.58 Å². The van der Waals surface area contributed by atoms with Gasteiger partial charge >= 0.3 is 5.97 Å². The van der Waals surface area contributed by atoms with Gasteiger partial charge in [0.05, 0.1) is 5.41 Å². The summed E-state index contributed by atoms with van der Waals surface area (Å²) in [4.78, 5) is 11.1. The Morgan fingerprint density at radius 2 is 2.15 bits per heavy atom. The third-order valence-electron chi connectivity index (χ3n) is 3.13. The number of carbonyl (C=O) groups is 1. The van der Waals surface area contributed by atoms with Gasteiger partial charge in [-0.1, -0.05) is 25.8 Å². The molecule has 1 aliphatic rings. The zero-order valence-corrected chi connectivity index (χ0v) is 8.25. The van der Waals surface area contributed by atoms with Crippen LogP contribution in [-0.4, -0.2) is 11.1 Å². The third kappa shape index (κ3) is 2.11. The number of hydrogen-bond donors (Lipinski definition) is 1. The van der Waals surface area contributed by atoms with Gasteiger partial charge < -0.3 is 5.11 Å². The molecule has 0 bridgehead atoms. The summed E-state index contributed by atoms with van der Waals surface area (Å²) in [5, 5.41) is 9.17. The van der Waals surface area contributed by atoms with Gasteiger partial charge in [0, 0.05) is 0 Å². The minimum atomic E-state index is -0.612.